The first-order valence-corrected chi connectivity index (χ1v) is 5.52. The maximum Gasteiger partial charge on any atom is 0.252 e. The van der Waals surface area contributed by atoms with Crippen molar-refractivity contribution in [2.24, 2.45) is 0 Å². The summed E-state index contributed by atoms with van der Waals surface area (Å²) < 4.78 is 0.890. The molecule has 1 aromatic rings. The Labute approximate surface area is 97.7 Å². The summed E-state index contributed by atoms with van der Waals surface area (Å²) in [5, 5.41) is 2.71. The van der Waals surface area contributed by atoms with Crippen LogP contribution in [0.15, 0.2) is 34.5 Å². The van der Waals surface area contributed by atoms with E-state index in [-0.39, 0.29) is 5.91 Å². The number of pyridine rings is 1. The molecule has 4 heteroatoms. The molecule has 80 valence electrons. The quantitative estimate of drug-likeness (QED) is 0.856. The predicted octanol–water partition coefficient (Wildman–Crippen LogP) is 3.14. The molecule has 0 atom stereocenters. The van der Waals surface area contributed by atoms with Crippen molar-refractivity contribution in [1.29, 1.82) is 0 Å². The highest BCUT2D eigenvalue weighted by Crippen LogP contribution is 2.11. The minimum atomic E-state index is -0.105. The molecule has 0 saturated heterocycles. The van der Waals surface area contributed by atoms with Crippen LogP contribution >= 0.6 is 15.9 Å². The molecule has 0 aliphatic carbocycles. The van der Waals surface area contributed by atoms with Crippen molar-refractivity contribution in [3.63, 3.8) is 0 Å². The molecule has 1 N–H and O–H groups in total. The second kappa shape index (κ2) is 5.66. The van der Waals surface area contributed by atoms with Gasteiger partial charge >= 0.3 is 0 Å². The molecule has 0 spiro atoms. The number of anilines is 1. The van der Waals surface area contributed by atoms with Crippen molar-refractivity contribution in [1.82, 2.24) is 4.98 Å². The Bertz CT molecular complexity index is 371. The molecule has 1 amide bonds. The van der Waals surface area contributed by atoms with Crippen LogP contribution in [0.3, 0.4) is 0 Å². The third-order valence-corrected chi connectivity index (χ3v) is 2.31. The van der Waals surface area contributed by atoms with E-state index in [0.29, 0.717) is 11.4 Å². The second-order valence-corrected chi connectivity index (χ2v) is 4.03. The Kier molecular flexibility index (Phi) is 4.49. The number of aromatic nitrogens is 1. The summed E-state index contributed by atoms with van der Waals surface area (Å²) in [4.78, 5) is 15.6. The van der Waals surface area contributed by atoms with Gasteiger partial charge in [-0.25, -0.2) is 4.98 Å². The van der Waals surface area contributed by atoms with Crippen LogP contribution in [0.4, 0.5) is 5.82 Å². The lowest BCUT2D eigenvalue weighted by molar-refractivity contribution is -0.112. The van der Waals surface area contributed by atoms with Gasteiger partial charge in [-0.2, -0.15) is 0 Å². The standard InChI is InChI=1S/C11H13BrN2O/c1-3-4-8(2)11(15)14-10-6-5-9(12)7-13-10/h4-7H,3H2,1-2H3,(H,13,14,15). The third-order valence-electron chi connectivity index (χ3n) is 1.84. The smallest absolute Gasteiger partial charge is 0.252 e. The van der Waals surface area contributed by atoms with Crippen LogP contribution in [0.1, 0.15) is 20.3 Å². The van der Waals surface area contributed by atoms with E-state index in [1.165, 1.54) is 0 Å². The van der Waals surface area contributed by atoms with Crippen molar-refractivity contribution in [2.75, 3.05) is 5.32 Å². The largest absolute Gasteiger partial charge is 0.307 e. The average molecular weight is 269 g/mol. The molecule has 15 heavy (non-hydrogen) atoms. The number of rotatable bonds is 3. The maximum absolute atomic E-state index is 11.6. The highest BCUT2D eigenvalue weighted by Gasteiger charge is 2.04. The number of allylic oxidation sites excluding steroid dienone is 1. The predicted molar refractivity (Wildman–Crippen MR) is 64.6 cm³/mol. The summed E-state index contributed by atoms with van der Waals surface area (Å²) >= 11 is 3.28. The lowest BCUT2D eigenvalue weighted by atomic mass is 10.2. The molecule has 1 rings (SSSR count). The third kappa shape index (κ3) is 3.83. The van der Waals surface area contributed by atoms with Crippen molar-refractivity contribution in [3.05, 3.63) is 34.5 Å². The van der Waals surface area contributed by atoms with Crippen LogP contribution in [0.5, 0.6) is 0 Å². The molecule has 0 aromatic carbocycles. The highest BCUT2D eigenvalue weighted by molar-refractivity contribution is 9.10. The van der Waals surface area contributed by atoms with Crippen LogP contribution in [0.2, 0.25) is 0 Å². The van der Waals surface area contributed by atoms with Crippen LogP contribution in [-0.4, -0.2) is 10.9 Å². The van der Waals surface area contributed by atoms with Crippen LogP contribution in [0, 0.1) is 0 Å². The van der Waals surface area contributed by atoms with Crippen LogP contribution in [-0.2, 0) is 4.79 Å². The highest BCUT2D eigenvalue weighted by atomic mass is 79.9. The van der Waals surface area contributed by atoms with Gasteiger partial charge in [-0.3, -0.25) is 4.79 Å². The molecule has 0 fully saturated rings. The summed E-state index contributed by atoms with van der Waals surface area (Å²) in [7, 11) is 0. The van der Waals surface area contributed by atoms with Gasteiger partial charge in [0.2, 0.25) is 0 Å². The van der Waals surface area contributed by atoms with Gasteiger partial charge in [0.1, 0.15) is 5.82 Å². The Morgan fingerprint density at radius 3 is 2.87 bits per heavy atom. The Hall–Kier alpha value is -1.16. The van der Waals surface area contributed by atoms with E-state index >= 15 is 0 Å². The first kappa shape index (κ1) is 11.9. The molecule has 0 aliphatic rings. The number of hydrogen-bond acceptors (Lipinski definition) is 2. The molecule has 1 heterocycles. The molecule has 1 aromatic heterocycles. The normalized spacial score (nSPS) is 11.3. The summed E-state index contributed by atoms with van der Waals surface area (Å²) in [6, 6.07) is 3.59. The van der Waals surface area contributed by atoms with E-state index in [4.69, 9.17) is 0 Å². The summed E-state index contributed by atoms with van der Waals surface area (Å²) in [5.74, 6) is 0.457. The average Bonchev–Trinajstić information content (AvgIpc) is 2.22. The lowest BCUT2D eigenvalue weighted by Crippen LogP contribution is -2.13. The van der Waals surface area contributed by atoms with Crippen molar-refractivity contribution >= 4 is 27.7 Å². The molecule has 3 nitrogen and oxygen atoms in total. The van der Waals surface area contributed by atoms with Gasteiger partial charge in [0.25, 0.3) is 5.91 Å². The van der Waals surface area contributed by atoms with E-state index in [9.17, 15) is 4.79 Å². The minimum Gasteiger partial charge on any atom is -0.307 e. The second-order valence-electron chi connectivity index (χ2n) is 3.11. The van der Waals surface area contributed by atoms with Crippen molar-refractivity contribution in [3.8, 4) is 0 Å². The molecule has 0 bridgehead atoms. The van der Waals surface area contributed by atoms with Gasteiger partial charge in [-0.15, -0.1) is 0 Å². The summed E-state index contributed by atoms with van der Waals surface area (Å²) in [6.07, 6.45) is 4.38. The molecule has 0 saturated carbocycles. The zero-order valence-corrected chi connectivity index (χ0v) is 10.3. The number of amides is 1. The molecule has 0 unspecified atom stereocenters. The van der Waals surface area contributed by atoms with Gasteiger partial charge in [0, 0.05) is 16.2 Å². The number of hydrogen-bond donors (Lipinski definition) is 1. The van der Waals surface area contributed by atoms with Gasteiger partial charge in [-0.1, -0.05) is 13.0 Å². The van der Waals surface area contributed by atoms with E-state index < -0.39 is 0 Å². The van der Waals surface area contributed by atoms with E-state index in [2.05, 4.69) is 26.2 Å². The van der Waals surface area contributed by atoms with Crippen LogP contribution in [0.25, 0.3) is 0 Å². The first-order chi connectivity index (χ1) is 7.13. The number of halogens is 1. The zero-order chi connectivity index (χ0) is 11.3. The van der Waals surface area contributed by atoms with E-state index in [1.54, 1.807) is 19.2 Å². The number of nitrogens with zero attached hydrogens (tertiary/aromatic N) is 1. The van der Waals surface area contributed by atoms with Crippen LogP contribution < -0.4 is 5.32 Å². The van der Waals surface area contributed by atoms with Gasteiger partial charge in [0.15, 0.2) is 0 Å². The molecule has 0 aliphatic heterocycles. The molecular formula is C11H13BrN2O. The topological polar surface area (TPSA) is 42.0 Å². The number of nitrogens with one attached hydrogen (secondary N) is 1. The lowest BCUT2D eigenvalue weighted by Gasteiger charge is -2.03. The number of carbonyl (C=O) groups is 1. The fourth-order valence-electron chi connectivity index (χ4n) is 1.06. The Morgan fingerprint density at radius 2 is 2.33 bits per heavy atom. The van der Waals surface area contributed by atoms with Crippen molar-refractivity contribution in [2.45, 2.75) is 20.3 Å². The number of carbonyl (C=O) groups excluding carboxylic acids is 1. The van der Waals surface area contributed by atoms with E-state index in [1.807, 2.05) is 19.1 Å². The fraction of sp³-hybridized carbons (Fsp3) is 0.273. The minimum absolute atomic E-state index is 0.105. The van der Waals surface area contributed by atoms with Gasteiger partial charge in [-0.05, 0) is 41.4 Å². The van der Waals surface area contributed by atoms with Crippen molar-refractivity contribution < 1.29 is 4.79 Å². The van der Waals surface area contributed by atoms with E-state index in [0.717, 1.165) is 10.9 Å². The molecule has 0 radical (unpaired) electrons. The zero-order valence-electron chi connectivity index (χ0n) is 8.75. The first-order valence-electron chi connectivity index (χ1n) is 4.73. The summed E-state index contributed by atoms with van der Waals surface area (Å²) in [5.41, 5.74) is 0.710. The Morgan fingerprint density at radius 1 is 1.60 bits per heavy atom. The monoisotopic (exact) mass is 268 g/mol. The summed E-state index contributed by atoms with van der Waals surface area (Å²) in [6.45, 7) is 3.78. The fourth-order valence-corrected chi connectivity index (χ4v) is 1.30. The van der Waals surface area contributed by atoms with Gasteiger partial charge < -0.3 is 5.32 Å². The maximum atomic E-state index is 11.6. The molecular weight excluding hydrogens is 256 g/mol. The SMILES string of the molecule is CCC=C(C)C(=O)Nc1ccc(Br)cn1. The van der Waals surface area contributed by atoms with Gasteiger partial charge in [0.05, 0.1) is 0 Å². The Balaban J connectivity index is 2.66.